The molecule has 0 amide bonds. The van der Waals surface area contributed by atoms with Gasteiger partial charge < -0.3 is 8.98 Å². The third-order valence-electron chi connectivity index (χ3n) is 3.06. The molecule has 0 aliphatic rings. The average molecular weight is 276 g/mol. The number of nitrogens with zero attached hydrogens (tertiary/aromatic N) is 3. The van der Waals surface area contributed by atoms with Crippen LogP contribution in [0.3, 0.4) is 0 Å². The van der Waals surface area contributed by atoms with Gasteiger partial charge >= 0.3 is 0 Å². The van der Waals surface area contributed by atoms with Crippen LogP contribution in [0.5, 0.6) is 0 Å². The second kappa shape index (κ2) is 5.45. The van der Waals surface area contributed by atoms with Crippen LogP contribution >= 0.6 is 11.6 Å². The fourth-order valence-corrected chi connectivity index (χ4v) is 2.36. The topological polar surface area (TPSA) is 43.9 Å². The molecule has 0 bridgehead atoms. The zero-order valence-corrected chi connectivity index (χ0v) is 11.2. The minimum absolute atomic E-state index is 0.560. The molecule has 3 aromatic heterocycles. The highest BCUT2D eigenvalue weighted by Crippen LogP contribution is 2.15. The molecule has 0 atom stereocenters. The lowest BCUT2D eigenvalue weighted by Crippen LogP contribution is -2.07. The van der Waals surface area contributed by atoms with Gasteiger partial charge in [-0.2, -0.15) is 0 Å². The summed E-state index contributed by atoms with van der Waals surface area (Å²) in [6.45, 7) is 0.799. The zero-order valence-electron chi connectivity index (χ0n) is 10.4. The standard InChI is InChI=1S/C14H14ClN3O/c15-7-5-13-17-12-4-1-8-16-14(12)18(13)9-6-11-3-2-10-19-11/h1-4,8,10H,5-7,9H2. The fraction of sp³-hybridized carbons (Fsp3) is 0.286. The molecule has 3 heterocycles. The van der Waals surface area contributed by atoms with Crippen LogP contribution in [0.25, 0.3) is 11.2 Å². The summed E-state index contributed by atoms with van der Waals surface area (Å²) in [6, 6.07) is 7.76. The number of furan rings is 1. The Bertz CT molecular complexity index is 660. The summed E-state index contributed by atoms with van der Waals surface area (Å²) in [6.07, 6.45) is 5.05. The van der Waals surface area contributed by atoms with Crippen LogP contribution in [0.1, 0.15) is 11.6 Å². The molecule has 0 radical (unpaired) electrons. The van der Waals surface area contributed by atoms with Gasteiger partial charge in [-0.1, -0.05) is 0 Å². The number of hydrogen-bond acceptors (Lipinski definition) is 3. The molecular weight excluding hydrogens is 262 g/mol. The summed E-state index contributed by atoms with van der Waals surface area (Å²) in [5, 5.41) is 0. The normalized spacial score (nSPS) is 11.2. The molecular formula is C14H14ClN3O. The highest BCUT2D eigenvalue weighted by molar-refractivity contribution is 6.17. The Balaban J connectivity index is 1.92. The third kappa shape index (κ3) is 2.49. The Labute approximate surface area is 116 Å². The van der Waals surface area contributed by atoms with Gasteiger partial charge in [0.1, 0.15) is 17.1 Å². The number of rotatable bonds is 5. The van der Waals surface area contributed by atoms with E-state index in [0.717, 1.165) is 42.1 Å². The minimum atomic E-state index is 0.560. The van der Waals surface area contributed by atoms with Crippen molar-refractivity contribution in [2.75, 3.05) is 5.88 Å². The lowest BCUT2D eigenvalue weighted by Gasteiger charge is -2.06. The summed E-state index contributed by atoms with van der Waals surface area (Å²) in [4.78, 5) is 9.00. The van der Waals surface area contributed by atoms with Gasteiger partial charge in [0.05, 0.1) is 6.26 Å². The smallest absolute Gasteiger partial charge is 0.159 e. The van der Waals surface area contributed by atoms with Gasteiger partial charge in [-0.05, 0) is 24.3 Å². The van der Waals surface area contributed by atoms with Gasteiger partial charge in [-0.25, -0.2) is 9.97 Å². The number of aromatic nitrogens is 3. The molecule has 3 rings (SSSR count). The quantitative estimate of drug-likeness (QED) is 0.672. The Hall–Kier alpha value is -1.81. The van der Waals surface area contributed by atoms with Crippen LogP contribution in [0.15, 0.2) is 41.1 Å². The van der Waals surface area contributed by atoms with Crippen LogP contribution in [0.2, 0.25) is 0 Å². The maximum atomic E-state index is 5.84. The van der Waals surface area contributed by atoms with Crippen molar-refractivity contribution >= 4 is 22.8 Å². The number of hydrogen-bond donors (Lipinski definition) is 0. The predicted octanol–water partition coefficient (Wildman–Crippen LogP) is 3.05. The van der Waals surface area contributed by atoms with Crippen LogP contribution in [0, 0.1) is 0 Å². The zero-order chi connectivity index (χ0) is 13.1. The minimum Gasteiger partial charge on any atom is -0.469 e. The van der Waals surface area contributed by atoms with E-state index in [1.807, 2.05) is 24.3 Å². The molecule has 0 aliphatic heterocycles. The molecule has 3 aromatic rings. The molecule has 0 N–H and O–H groups in total. The van der Waals surface area contributed by atoms with Gasteiger partial charge in [-0.3, -0.25) is 0 Å². The number of alkyl halides is 1. The van der Waals surface area contributed by atoms with Crippen molar-refractivity contribution in [3.63, 3.8) is 0 Å². The maximum Gasteiger partial charge on any atom is 0.159 e. The lowest BCUT2D eigenvalue weighted by atomic mass is 10.3. The molecule has 98 valence electrons. The van der Waals surface area contributed by atoms with Crippen molar-refractivity contribution in [3.8, 4) is 0 Å². The van der Waals surface area contributed by atoms with E-state index >= 15 is 0 Å². The largest absolute Gasteiger partial charge is 0.469 e. The first-order chi connectivity index (χ1) is 9.38. The van der Waals surface area contributed by atoms with Gasteiger partial charge in [0, 0.05) is 31.5 Å². The summed E-state index contributed by atoms with van der Waals surface area (Å²) in [7, 11) is 0. The molecule has 4 nitrogen and oxygen atoms in total. The van der Waals surface area contributed by atoms with Crippen molar-refractivity contribution in [2.45, 2.75) is 19.4 Å². The van der Waals surface area contributed by atoms with Crippen LogP contribution in [-0.2, 0) is 19.4 Å². The lowest BCUT2D eigenvalue weighted by molar-refractivity contribution is 0.490. The van der Waals surface area contributed by atoms with E-state index < -0.39 is 0 Å². The summed E-state index contributed by atoms with van der Waals surface area (Å²) >= 11 is 5.84. The Morgan fingerprint density at radius 2 is 2.16 bits per heavy atom. The van der Waals surface area contributed by atoms with E-state index in [-0.39, 0.29) is 0 Å². The second-order valence-corrected chi connectivity index (χ2v) is 4.67. The highest BCUT2D eigenvalue weighted by Gasteiger charge is 2.11. The van der Waals surface area contributed by atoms with E-state index in [2.05, 4.69) is 14.5 Å². The average Bonchev–Trinajstić information content (AvgIpc) is 3.04. The molecule has 0 aliphatic carbocycles. The predicted molar refractivity (Wildman–Crippen MR) is 74.4 cm³/mol. The maximum absolute atomic E-state index is 5.84. The molecule has 0 spiro atoms. The monoisotopic (exact) mass is 275 g/mol. The van der Waals surface area contributed by atoms with Gasteiger partial charge in [0.25, 0.3) is 0 Å². The van der Waals surface area contributed by atoms with Crippen molar-refractivity contribution in [2.24, 2.45) is 0 Å². The fourth-order valence-electron chi connectivity index (χ4n) is 2.19. The molecule has 0 saturated heterocycles. The molecule has 0 aromatic carbocycles. The van der Waals surface area contributed by atoms with Crippen molar-refractivity contribution in [3.05, 3.63) is 48.3 Å². The summed E-state index contributed by atoms with van der Waals surface area (Å²) < 4.78 is 7.49. The number of fused-ring (bicyclic) bond motifs is 1. The SMILES string of the molecule is ClCCc1nc2cccnc2n1CCc1ccco1. The first-order valence-electron chi connectivity index (χ1n) is 6.27. The van der Waals surface area contributed by atoms with Crippen molar-refractivity contribution < 1.29 is 4.42 Å². The molecule has 5 heteroatoms. The van der Waals surface area contributed by atoms with E-state index in [4.69, 9.17) is 16.0 Å². The van der Waals surface area contributed by atoms with Crippen LogP contribution in [-0.4, -0.2) is 20.4 Å². The van der Waals surface area contributed by atoms with Crippen LogP contribution in [0.4, 0.5) is 0 Å². The van der Waals surface area contributed by atoms with Gasteiger partial charge in [0.2, 0.25) is 0 Å². The summed E-state index contributed by atoms with van der Waals surface area (Å²) in [5.41, 5.74) is 1.83. The Morgan fingerprint density at radius 1 is 1.21 bits per heavy atom. The number of pyridine rings is 1. The molecule has 0 unspecified atom stereocenters. The number of aryl methyl sites for hydroxylation is 3. The van der Waals surface area contributed by atoms with Crippen LogP contribution < -0.4 is 0 Å². The Kier molecular flexibility index (Phi) is 3.51. The molecule has 0 fully saturated rings. The van der Waals surface area contributed by atoms with E-state index in [0.29, 0.717) is 5.88 Å². The first-order valence-corrected chi connectivity index (χ1v) is 6.80. The third-order valence-corrected chi connectivity index (χ3v) is 3.25. The van der Waals surface area contributed by atoms with Crippen molar-refractivity contribution in [1.82, 2.24) is 14.5 Å². The highest BCUT2D eigenvalue weighted by atomic mass is 35.5. The van der Waals surface area contributed by atoms with Gasteiger partial charge in [0.15, 0.2) is 5.65 Å². The second-order valence-electron chi connectivity index (χ2n) is 4.29. The first kappa shape index (κ1) is 12.2. The number of imidazole rings is 1. The van der Waals surface area contributed by atoms with E-state index in [9.17, 15) is 0 Å². The van der Waals surface area contributed by atoms with E-state index in [1.54, 1.807) is 12.5 Å². The molecule has 19 heavy (non-hydrogen) atoms. The van der Waals surface area contributed by atoms with Crippen molar-refractivity contribution in [1.29, 1.82) is 0 Å². The number of halogens is 1. The summed E-state index contributed by atoms with van der Waals surface area (Å²) in [5.74, 6) is 2.51. The van der Waals surface area contributed by atoms with Gasteiger partial charge in [-0.15, -0.1) is 11.6 Å². The Morgan fingerprint density at radius 3 is 2.95 bits per heavy atom. The molecule has 0 saturated carbocycles. The van der Waals surface area contributed by atoms with E-state index in [1.165, 1.54) is 0 Å².